The first kappa shape index (κ1) is 16.8. The third kappa shape index (κ3) is 5.30. The van der Waals surface area contributed by atoms with Crippen LogP contribution in [0.4, 0.5) is 0 Å². The number of ether oxygens (including phenoxy) is 1. The van der Waals surface area contributed by atoms with E-state index in [1.807, 2.05) is 0 Å². The van der Waals surface area contributed by atoms with Crippen LogP contribution in [-0.2, 0) is 6.54 Å². The van der Waals surface area contributed by atoms with Gasteiger partial charge in [-0.05, 0) is 78.2 Å². The van der Waals surface area contributed by atoms with Crippen LogP contribution in [0.25, 0.3) is 0 Å². The molecule has 0 aromatic heterocycles. The quantitative estimate of drug-likeness (QED) is 0.671. The molecule has 0 radical (unpaired) electrons. The molecule has 0 unspecified atom stereocenters. The smallest absolute Gasteiger partial charge is 0.133 e. The summed E-state index contributed by atoms with van der Waals surface area (Å²) in [4.78, 5) is 0. The average Bonchev–Trinajstić information content (AvgIpc) is 2.51. The Morgan fingerprint density at radius 2 is 1.95 bits per heavy atom. The SMILES string of the molecule is CCCNCc1ccc(OC2CCC(CC)CC2)c(Br)c1. The van der Waals surface area contributed by atoms with E-state index in [-0.39, 0.29) is 0 Å². The van der Waals surface area contributed by atoms with Gasteiger partial charge in [-0.15, -0.1) is 0 Å². The molecule has 1 aromatic carbocycles. The van der Waals surface area contributed by atoms with Gasteiger partial charge < -0.3 is 10.1 Å². The van der Waals surface area contributed by atoms with E-state index in [9.17, 15) is 0 Å². The molecule has 2 rings (SSSR count). The normalized spacial score (nSPS) is 22.2. The Hall–Kier alpha value is -0.540. The highest BCUT2D eigenvalue weighted by Crippen LogP contribution is 2.32. The Morgan fingerprint density at radius 3 is 2.57 bits per heavy atom. The Kier molecular flexibility index (Phi) is 7.05. The molecule has 1 N–H and O–H groups in total. The highest BCUT2D eigenvalue weighted by molar-refractivity contribution is 9.10. The van der Waals surface area contributed by atoms with Crippen molar-refractivity contribution in [3.05, 3.63) is 28.2 Å². The maximum atomic E-state index is 6.19. The maximum absolute atomic E-state index is 6.19. The molecule has 0 heterocycles. The van der Waals surface area contributed by atoms with E-state index < -0.39 is 0 Å². The maximum Gasteiger partial charge on any atom is 0.133 e. The van der Waals surface area contributed by atoms with Crippen LogP contribution in [0.1, 0.15) is 57.9 Å². The summed E-state index contributed by atoms with van der Waals surface area (Å²) in [6, 6.07) is 6.45. The molecule has 0 saturated heterocycles. The lowest BCUT2D eigenvalue weighted by Gasteiger charge is -2.28. The predicted molar refractivity (Wildman–Crippen MR) is 92.8 cm³/mol. The molecular formula is C18H28BrNO. The summed E-state index contributed by atoms with van der Waals surface area (Å²) in [6.07, 6.45) is 7.91. The van der Waals surface area contributed by atoms with E-state index in [0.29, 0.717) is 6.10 Å². The molecule has 3 heteroatoms. The topological polar surface area (TPSA) is 21.3 Å². The van der Waals surface area contributed by atoms with Crippen molar-refractivity contribution in [3.8, 4) is 5.75 Å². The predicted octanol–water partition coefficient (Wildman–Crippen LogP) is 5.30. The summed E-state index contributed by atoms with van der Waals surface area (Å²) in [7, 11) is 0. The van der Waals surface area contributed by atoms with E-state index >= 15 is 0 Å². The van der Waals surface area contributed by atoms with Gasteiger partial charge >= 0.3 is 0 Å². The third-order valence-electron chi connectivity index (χ3n) is 4.42. The molecule has 0 spiro atoms. The standard InChI is InChI=1S/C18H28BrNO/c1-3-11-20-13-15-7-10-18(17(19)12-15)21-16-8-5-14(4-2)6-9-16/h7,10,12,14,16,20H,3-6,8-9,11,13H2,1-2H3. The molecule has 118 valence electrons. The molecule has 0 atom stereocenters. The highest BCUT2D eigenvalue weighted by Gasteiger charge is 2.21. The van der Waals surface area contributed by atoms with Crippen LogP contribution in [0.15, 0.2) is 22.7 Å². The fourth-order valence-corrected chi connectivity index (χ4v) is 3.52. The monoisotopic (exact) mass is 353 g/mol. The van der Waals surface area contributed by atoms with E-state index in [1.54, 1.807) is 0 Å². The van der Waals surface area contributed by atoms with Crippen molar-refractivity contribution in [2.75, 3.05) is 6.54 Å². The van der Waals surface area contributed by atoms with Crippen molar-refractivity contribution in [2.24, 2.45) is 5.92 Å². The van der Waals surface area contributed by atoms with E-state index in [2.05, 4.69) is 53.3 Å². The van der Waals surface area contributed by atoms with Gasteiger partial charge in [0.05, 0.1) is 10.6 Å². The lowest BCUT2D eigenvalue weighted by molar-refractivity contribution is 0.129. The van der Waals surface area contributed by atoms with Gasteiger partial charge in [0.2, 0.25) is 0 Å². The lowest BCUT2D eigenvalue weighted by Crippen LogP contribution is -2.24. The highest BCUT2D eigenvalue weighted by atomic mass is 79.9. The first-order valence-corrected chi connectivity index (χ1v) is 9.18. The second-order valence-corrected chi connectivity index (χ2v) is 6.96. The van der Waals surface area contributed by atoms with Gasteiger partial charge in [-0.3, -0.25) is 0 Å². The molecule has 0 amide bonds. The number of hydrogen-bond donors (Lipinski definition) is 1. The van der Waals surface area contributed by atoms with Crippen molar-refractivity contribution >= 4 is 15.9 Å². The molecule has 0 aliphatic heterocycles. The summed E-state index contributed by atoms with van der Waals surface area (Å²) in [5, 5.41) is 3.43. The summed E-state index contributed by atoms with van der Waals surface area (Å²) < 4.78 is 7.27. The molecular weight excluding hydrogens is 326 g/mol. The number of hydrogen-bond acceptors (Lipinski definition) is 2. The van der Waals surface area contributed by atoms with Gasteiger partial charge in [0, 0.05) is 6.54 Å². The second kappa shape index (κ2) is 8.79. The van der Waals surface area contributed by atoms with Crippen LogP contribution in [0.2, 0.25) is 0 Å². The molecule has 1 saturated carbocycles. The van der Waals surface area contributed by atoms with Gasteiger partial charge in [0.1, 0.15) is 5.75 Å². The third-order valence-corrected chi connectivity index (χ3v) is 5.04. The zero-order valence-electron chi connectivity index (χ0n) is 13.3. The average molecular weight is 354 g/mol. The molecule has 1 aromatic rings. The van der Waals surface area contributed by atoms with Gasteiger partial charge in [-0.2, -0.15) is 0 Å². The second-order valence-electron chi connectivity index (χ2n) is 6.11. The van der Waals surface area contributed by atoms with Gasteiger partial charge in [-0.25, -0.2) is 0 Å². The van der Waals surface area contributed by atoms with Crippen LogP contribution < -0.4 is 10.1 Å². The number of benzene rings is 1. The van der Waals surface area contributed by atoms with Crippen LogP contribution in [-0.4, -0.2) is 12.6 Å². The van der Waals surface area contributed by atoms with Crippen LogP contribution in [0, 0.1) is 5.92 Å². The van der Waals surface area contributed by atoms with Gasteiger partial charge in [-0.1, -0.05) is 26.3 Å². The van der Waals surface area contributed by atoms with Gasteiger partial charge in [0.15, 0.2) is 0 Å². The van der Waals surface area contributed by atoms with E-state index in [4.69, 9.17) is 4.74 Å². The van der Waals surface area contributed by atoms with Crippen molar-refractivity contribution in [1.29, 1.82) is 0 Å². The van der Waals surface area contributed by atoms with Crippen molar-refractivity contribution in [2.45, 2.75) is 65.0 Å². The Labute approximate surface area is 137 Å². The fourth-order valence-electron chi connectivity index (χ4n) is 3.00. The van der Waals surface area contributed by atoms with Crippen LogP contribution in [0.5, 0.6) is 5.75 Å². The molecule has 2 nitrogen and oxygen atoms in total. The summed E-state index contributed by atoms with van der Waals surface area (Å²) in [6.45, 7) is 6.48. The zero-order chi connectivity index (χ0) is 15.1. The molecule has 1 fully saturated rings. The molecule has 0 bridgehead atoms. The van der Waals surface area contributed by atoms with Crippen LogP contribution in [0.3, 0.4) is 0 Å². The minimum absolute atomic E-state index is 0.396. The Bertz CT molecular complexity index is 427. The van der Waals surface area contributed by atoms with Crippen LogP contribution >= 0.6 is 15.9 Å². The molecule has 1 aliphatic carbocycles. The minimum atomic E-state index is 0.396. The Balaban J connectivity index is 1.86. The number of halogens is 1. The first-order valence-electron chi connectivity index (χ1n) is 8.38. The zero-order valence-corrected chi connectivity index (χ0v) is 14.9. The summed E-state index contributed by atoms with van der Waals surface area (Å²) in [5.41, 5.74) is 1.30. The van der Waals surface area contributed by atoms with E-state index in [1.165, 1.54) is 44.1 Å². The largest absolute Gasteiger partial charge is 0.489 e. The number of rotatable bonds is 7. The van der Waals surface area contributed by atoms with E-state index in [0.717, 1.165) is 29.2 Å². The summed E-state index contributed by atoms with van der Waals surface area (Å²) in [5.74, 6) is 1.91. The molecule has 21 heavy (non-hydrogen) atoms. The first-order chi connectivity index (χ1) is 10.2. The Morgan fingerprint density at radius 1 is 1.19 bits per heavy atom. The van der Waals surface area contributed by atoms with Crippen molar-refractivity contribution in [1.82, 2.24) is 5.32 Å². The van der Waals surface area contributed by atoms with Crippen molar-refractivity contribution in [3.63, 3.8) is 0 Å². The number of nitrogens with one attached hydrogen (secondary N) is 1. The summed E-state index contributed by atoms with van der Waals surface area (Å²) >= 11 is 3.66. The fraction of sp³-hybridized carbons (Fsp3) is 0.667. The molecule has 1 aliphatic rings. The lowest BCUT2D eigenvalue weighted by atomic mass is 9.86. The van der Waals surface area contributed by atoms with Crippen molar-refractivity contribution < 1.29 is 4.74 Å². The minimum Gasteiger partial charge on any atom is -0.489 e. The van der Waals surface area contributed by atoms with Gasteiger partial charge in [0.25, 0.3) is 0 Å².